The second-order valence-corrected chi connectivity index (χ2v) is 5.33. The molecule has 0 unspecified atom stereocenters. The van der Waals surface area contributed by atoms with Gasteiger partial charge >= 0.3 is 5.69 Å². The van der Waals surface area contributed by atoms with Crippen molar-refractivity contribution in [3.63, 3.8) is 0 Å². The van der Waals surface area contributed by atoms with Crippen LogP contribution in [0.3, 0.4) is 0 Å². The topological polar surface area (TPSA) is 26.9 Å². The molecule has 0 N–H and O–H groups in total. The van der Waals surface area contributed by atoms with Crippen LogP contribution in [0.1, 0.15) is 30.2 Å². The number of rotatable bonds is 1. The number of hydrogen-bond acceptors (Lipinski definition) is 2. The summed E-state index contributed by atoms with van der Waals surface area (Å²) in [5, 5.41) is 0. The van der Waals surface area contributed by atoms with Gasteiger partial charge in [-0.3, -0.25) is 9.13 Å². The molecule has 82 valence electrons. The fraction of sp³-hybridized carbons (Fsp3) is 0.545. The molecule has 0 aliphatic heterocycles. The average molecular weight is 224 g/mol. The molecule has 3 nitrogen and oxygen atoms in total. The highest BCUT2D eigenvalue weighted by molar-refractivity contribution is 7.19. The minimum Gasteiger partial charge on any atom is -0.294 e. The van der Waals surface area contributed by atoms with Gasteiger partial charge in [0.1, 0.15) is 4.83 Å². The highest BCUT2D eigenvalue weighted by Gasteiger charge is 2.17. The van der Waals surface area contributed by atoms with E-state index >= 15 is 0 Å². The number of hydrogen-bond donors (Lipinski definition) is 0. The van der Waals surface area contributed by atoms with Gasteiger partial charge in [0.2, 0.25) is 0 Å². The molecule has 2 heterocycles. The molecule has 0 amide bonds. The summed E-state index contributed by atoms with van der Waals surface area (Å²) in [6.45, 7) is 6.49. The van der Waals surface area contributed by atoms with Crippen molar-refractivity contribution in [2.45, 2.75) is 26.7 Å². The molecule has 0 bridgehead atoms. The first kappa shape index (κ1) is 10.5. The lowest BCUT2D eigenvalue weighted by Crippen LogP contribution is -2.19. The molecule has 0 aliphatic carbocycles. The van der Waals surface area contributed by atoms with E-state index in [9.17, 15) is 4.79 Å². The monoisotopic (exact) mass is 224 g/mol. The molecule has 0 saturated carbocycles. The van der Waals surface area contributed by atoms with E-state index in [1.165, 1.54) is 10.4 Å². The number of fused-ring (bicyclic) bond motifs is 1. The molecular weight excluding hydrogens is 208 g/mol. The molecular formula is C11H16N2OS. The van der Waals surface area contributed by atoms with Gasteiger partial charge in [0.25, 0.3) is 0 Å². The van der Waals surface area contributed by atoms with Crippen LogP contribution < -0.4 is 5.69 Å². The van der Waals surface area contributed by atoms with Gasteiger partial charge in [-0.25, -0.2) is 4.79 Å². The predicted molar refractivity (Wildman–Crippen MR) is 64.9 cm³/mol. The smallest absolute Gasteiger partial charge is 0.294 e. The van der Waals surface area contributed by atoms with Crippen LogP contribution in [0, 0.1) is 6.92 Å². The van der Waals surface area contributed by atoms with Gasteiger partial charge in [0.05, 0.1) is 5.52 Å². The number of aromatic nitrogens is 2. The molecule has 0 saturated heterocycles. The van der Waals surface area contributed by atoms with Crippen molar-refractivity contribution < 1.29 is 0 Å². The van der Waals surface area contributed by atoms with Crippen LogP contribution in [0.15, 0.2) is 4.79 Å². The molecule has 0 aromatic carbocycles. The van der Waals surface area contributed by atoms with E-state index < -0.39 is 0 Å². The Balaban J connectivity index is 2.92. The average Bonchev–Trinajstić information content (AvgIpc) is 2.61. The van der Waals surface area contributed by atoms with Crippen molar-refractivity contribution in [2.75, 3.05) is 0 Å². The standard InChI is InChI=1S/C11H16N2OS/c1-6(2)9-7(3)8-10(15-9)13(5)11(14)12(8)4/h6H,1-5H3. The second-order valence-electron chi connectivity index (χ2n) is 4.30. The summed E-state index contributed by atoms with van der Waals surface area (Å²) < 4.78 is 3.48. The lowest BCUT2D eigenvalue weighted by atomic mass is 10.1. The Labute approximate surface area is 93.0 Å². The van der Waals surface area contributed by atoms with E-state index in [4.69, 9.17) is 0 Å². The highest BCUT2D eigenvalue weighted by Crippen LogP contribution is 2.34. The molecule has 0 atom stereocenters. The first-order chi connectivity index (χ1) is 6.95. The van der Waals surface area contributed by atoms with Gasteiger partial charge in [0.15, 0.2) is 0 Å². The maximum atomic E-state index is 11.7. The molecule has 2 rings (SSSR count). The third-order valence-electron chi connectivity index (χ3n) is 2.87. The molecule has 0 spiro atoms. The lowest BCUT2D eigenvalue weighted by molar-refractivity contribution is 0.793. The third-order valence-corrected chi connectivity index (χ3v) is 4.53. The second kappa shape index (κ2) is 3.23. The van der Waals surface area contributed by atoms with Gasteiger partial charge in [-0.2, -0.15) is 0 Å². The number of nitrogens with zero attached hydrogens (tertiary/aromatic N) is 2. The van der Waals surface area contributed by atoms with E-state index in [0.717, 1.165) is 10.3 Å². The summed E-state index contributed by atoms with van der Waals surface area (Å²) in [6, 6.07) is 0. The minimum absolute atomic E-state index is 0.0645. The van der Waals surface area contributed by atoms with Crippen LogP contribution >= 0.6 is 11.3 Å². The Kier molecular flexibility index (Phi) is 2.26. The van der Waals surface area contributed by atoms with E-state index in [0.29, 0.717) is 5.92 Å². The minimum atomic E-state index is 0.0645. The zero-order valence-corrected chi connectivity index (χ0v) is 10.6. The van der Waals surface area contributed by atoms with Crippen molar-refractivity contribution in [3.8, 4) is 0 Å². The van der Waals surface area contributed by atoms with Crippen molar-refractivity contribution in [1.82, 2.24) is 9.13 Å². The summed E-state index contributed by atoms with van der Waals surface area (Å²) in [4.78, 5) is 14.2. The molecule has 4 heteroatoms. The van der Waals surface area contributed by atoms with Crippen LogP contribution in [0.5, 0.6) is 0 Å². The van der Waals surface area contributed by atoms with Crippen molar-refractivity contribution in [1.29, 1.82) is 0 Å². The Morgan fingerprint density at radius 3 is 2.27 bits per heavy atom. The quantitative estimate of drug-likeness (QED) is 0.730. The Morgan fingerprint density at radius 1 is 1.20 bits per heavy atom. The van der Waals surface area contributed by atoms with Crippen LogP contribution in [-0.4, -0.2) is 9.13 Å². The van der Waals surface area contributed by atoms with Gasteiger partial charge < -0.3 is 0 Å². The normalized spacial score (nSPS) is 11.9. The molecule has 2 aromatic heterocycles. The van der Waals surface area contributed by atoms with Gasteiger partial charge in [-0.1, -0.05) is 13.8 Å². The number of imidazole rings is 1. The predicted octanol–water partition coefficient (Wildman–Crippen LogP) is 2.37. The van der Waals surface area contributed by atoms with E-state index in [-0.39, 0.29) is 5.69 Å². The van der Waals surface area contributed by atoms with Gasteiger partial charge in [-0.15, -0.1) is 11.3 Å². The summed E-state index contributed by atoms with van der Waals surface area (Å²) in [6.07, 6.45) is 0. The largest absolute Gasteiger partial charge is 0.329 e. The van der Waals surface area contributed by atoms with E-state index in [1.807, 2.05) is 14.1 Å². The Hall–Kier alpha value is -1.03. The van der Waals surface area contributed by atoms with Gasteiger partial charge in [0, 0.05) is 19.0 Å². The molecule has 15 heavy (non-hydrogen) atoms. The maximum Gasteiger partial charge on any atom is 0.329 e. The van der Waals surface area contributed by atoms with Crippen LogP contribution in [0.25, 0.3) is 10.3 Å². The van der Waals surface area contributed by atoms with E-state index in [1.54, 1.807) is 20.5 Å². The number of thiophene rings is 1. The van der Waals surface area contributed by atoms with Crippen LogP contribution in [0.4, 0.5) is 0 Å². The van der Waals surface area contributed by atoms with Crippen molar-refractivity contribution >= 4 is 21.7 Å². The van der Waals surface area contributed by atoms with E-state index in [2.05, 4.69) is 20.8 Å². The summed E-state index contributed by atoms with van der Waals surface area (Å²) in [5.74, 6) is 0.525. The zero-order valence-electron chi connectivity index (χ0n) is 9.79. The van der Waals surface area contributed by atoms with Crippen molar-refractivity contribution in [2.24, 2.45) is 14.1 Å². The summed E-state index contributed by atoms with van der Waals surface area (Å²) in [7, 11) is 3.68. The van der Waals surface area contributed by atoms with Gasteiger partial charge in [-0.05, 0) is 18.4 Å². The number of aryl methyl sites for hydroxylation is 3. The third kappa shape index (κ3) is 1.28. The first-order valence-corrected chi connectivity index (χ1v) is 5.91. The molecule has 2 aromatic rings. The fourth-order valence-electron chi connectivity index (χ4n) is 2.09. The first-order valence-electron chi connectivity index (χ1n) is 5.09. The fourth-order valence-corrected chi connectivity index (χ4v) is 3.38. The van der Waals surface area contributed by atoms with Crippen LogP contribution in [-0.2, 0) is 14.1 Å². The Bertz CT molecular complexity index is 571. The maximum absolute atomic E-state index is 11.7. The molecule has 0 aliphatic rings. The van der Waals surface area contributed by atoms with Crippen molar-refractivity contribution in [3.05, 3.63) is 20.9 Å². The zero-order chi connectivity index (χ0) is 11.3. The molecule has 0 radical (unpaired) electrons. The Morgan fingerprint density at radius 2 is 1.80 bits per heavy atom. The summed E-state index contributed by atoms with van der Waals surface area (Å²) in [5.41, 5.74) is 2.41. The summed E-state index contributed by atoms with van der Waals surface area (Å²) >= 11 is 1.74. The van der Waals surface area contributed by atoms with Crippen LogP contribution in [0.2, 0.25) is 0 Å². The molecule has 0 fully saturated rings. The SMILES string of the molecule is Cc1c(C(C)C)sc2c1n(C)c(=O)n2C. The lowest BCUT2D eigenvalue weighted by Gasteiger charge is -2.02. The highest BCUT2D eigenvalue weighted by atomic mass is 32.1.